The molecule has 3 atom stereocenters. The van der Waals surface area contributed by atoms with Crippen LogP contribution in [0.3, 0.4) is 0 Å². The van der Waals surface area contributed by atoms with Gasteiger partial charge in [-0.2, -0.15) is 13.2 Å². The van der Waals surface area contributed by atoms with Gasteiger partial charge in [0, 0.05) is 38.5 Å². The molecular weight excluding hydrogens is 457 g/mol. The van der Waals surface area contributed by atoms with Gasteiger partial charge < -0.3 is 15.1 Å². The van der Waals surface area contributed by atoms with Crippen molar-refractivity contribution in [1.29, 1.82) is 0 Å². The molecule has 2 aromatic rings. The fourth-order valence-electron chi connectivity index (χ4n) is 5.32. The van der Waals surface area contributed by atoms with Gasteiger partial charge in [-0.1, -0.05) is 38.1 Å². The number of anilines is 1. The van der Waals surface area contributed by atoms with E-state index in [1.807, 2.05) is 12.1 Å². The Labute approximate surface area is 203 Å². The number of benzene rings is 1. The van der Waals surface area contributed by atoms with E-state index in [0.29, 0.717) is 18.7 Å². The zero-order valence-electron chi connectivity index (χ0n) is 20.4. The summed E-state index contributed by atoms with van der Waals surface area (Å²) in [4.78, 5) is 30.8. The zero-order chi connectivity index (χ0) is 25.5. The molecule has 2 heterocycles. The number of fused-ring (bicyclic) bond motifs is 1. The number of carbonyl (C=O) groups excluding carboxylic acids is 2. The van der Waals surface area contributed by atoms with E-state index in [-0.39, 0.29) is 29.6 Å². The normalized spacial score (nSPS) is 22.0. The molecule has 2 amide bonds. The first-order chi connectivity index (χ1) is 16.4. The number of alkyl halides is 3. The maximum absolute atomic E-state index is 14.1. The van der Waals surface area contributed by atoms with Crippen LogP contribution in [0.2, 0.25) is 0 Å². The van der Waals surface area contributed by atoms with Gasteiger partial charge in [0.15, 0.2) is 6.04 Å². The molecule has 4 rings (SSSR count). The number of nitrogens with zero attached hydrogens (tertiary/aromatic N) is 3. The number of rotatable bonds is 5. The molecule has 188 valence electrons. The van der Waals surface area contributed by atoms with Crippen molar-refractivity contribution in [3.05, 3.63) is 59.4 Å². The summed E-state index contributed by atoms with van der Waals surface area (Å²) >= 11 is 0. The number of amides is 2. The smallest absolute Gasteiger partial charge is 0.380 e. The van der Waals surface area contributed by atoms with Crippen LogP contribution in [0.15, 0.2) is 42.6 Å². The third kappa shape index (κ3) is 4.86. The monoisotopic (exact) mass is 488 g/mol. The minimum absolute atomic E-state index is 0.0711. The molecule has 1 saturated heterocycles. The first kappa shape index (κ1) is 25.0. The maximum atomic E-state index is 14.1. The highest BCUT2D eigenvalue weighted by Crippen LogP contribution is 2.41. The highest BCUT2D eigenvalue weighted by molar-refractivity contribution is 5.81. The molecule has 1 aliphatic heterocycles. The molecule has 1 N–H and O–H groups in total. The predicted octanol–water partition coefficient (Wildman–Crippen LogP) is 4.33. The van der Waals surface area contributed by atoms with Gasteiger partial charge in [0.05, 0.1) is 23.5 Å². The number of aromatic nitrogens is 1. The quantitative estimate of drug-likeness (QED) is 0.681. The Bertz CT molecular complexity index is 1100. The molecular formula is C26H31F3N4O2. The van der Waals surface area contributed by atoms with Crippen LogP contribution < -0.4 is 5.32 Å². The fourth-order valence-corrected chi connectivity index (χ4v) is 5.32. The number of halogens is 3. The number of nitrogens with one attached hydrogen (secondary N) is 1. The van der Waals surface area contributed by atoms with E-state index in [1.165, 1.54) is 35.2 Å². The van der Waals surface area contributed by atoms with Crippen molar-refractivity contribution in [1.82, 2.24) is 14.8 Å². The molecule has 1 fully saturated rings. The van der Waals surface area contributed by atoms with Crippen molar-refractivity contribution in [2.24, 2.45) is 5.92 Å². The Kier molecular flexibility index (Phi) is 6.55. The van der Waals surface area contributed by atoms with Gasteiger partial charge in [-0.25, -0.2) is 0 Å². The molecule has 1 aromatic heterocycles. The average molecular weight is 489 g/mol. The van der Waals surface area contributed by atoms with Gasteiger partial charge in [-0.15, -0.1) is 0 Å². The van der Waals surface area contributed by atoms with Crippen molar-refractivity contribution >= 4 is 17.5 Å². The van der Waals surface area contributed by atoms with Crippen molar-refractivity contribution < 1.29 is 22.8 Å². The Morgan fingerprint density at radius 3 is 2.49 bits per heavy atom. The van der Waals surface area contributed by atoms with Crippen LogP contribution in [0.25, 0.3) is 0 Å². The predicted molar refractivity (Wildman–Crippen MR) is 127 cm³/mol. The number of likely N-dealkylation sites (tertiary alicyclic amines) is 1. The molecule has 1 aromatic carbocycles. The molecule has 2 aliphatic rings. The van der Waals surface area contributed by atoms with Crippen LogP contribution in [0.4, 0.5) is 18.9 Å². The van der Waals surface area contributed by atoms with E-state index in [9.17, 15) is 22.8 Å². The summed E-state index contributed by atoms with van der Waals surface area (Å²) in [5.74, 6) is -1.47. The van der Waals surface area contributed by atoms with Crippen molar-refractivity contribution in [2.45, 2.75) is 57.3 Å². The summed E-state index contributed by atoms with van der Waals surface area (Å²) in [6.07, 6.45) is -2.13. The summed E-state index contributed by atoms with van der Waals surface area (Å²) in [5.41, 5.74) is 2.75. The van der Waals surface area contributed by atoms with Gasteiger partial charge in [0.25, 0.3) is 0 Å². The lowest BCUT2D eigenvalue weighted by atomic mass is 9.83. The van der Waals surface area contributed by atoms with E-state index in [0.717, 1.165) is 18.4 Å². The van der Waals surface area contributed by atoms with Crippen LogP contribution in [-0.2, 0) is 21.4 Å². The van der Waals surface area contributed by atoms with Crippen LogP contribution in [0.5, 0.6) is 0 Å². The Hall–Kier alpha value is -3.10. The van der Waals surface area contributed by atoms with E-state index < -0.39 is 24.0 Å². The number of hydrogen-bond donors (Lipinski definition) is 1. The number of carbonyl (C=O) groups is 2. The minimum Gasteiger partial charge on any atom is -0.380 e. The van der Waals surface area contributed by atoms with Gasteiger partial charge in [0.2, 0.25) is 11.8 Å². The first-order valence-corrected chi connectivity index (χ1v) is 11.8. The first-order valence-electron chi connectivity index (χ1n) is 11.8. The summed E-state index contributed by atoms with van der Waals surface area (Å²) in [5, 5.41) is 3.43. The summed E-state index contributed by atoms with van der Waals surface area (Å²) < 4.78 is 42.2. The van der Waals surface area contributed by atoms with E-state index in [4.69, 9.17) is 0 Å². The Morgan fingerprint density at radius 2 is 1.91 bits per heavy atom. The third-order valence-corrected chi connectivity index (χ3v) is 7.44. The zero-order valence-corrected chi connectivity index (χ0v) is 20.4. The largest absolute Gasteiger partial charge is 0.414 e. The summed E-state index contributed by atoms with van der Waals surface area (Å²) in [6, 6.07) is 9.05. The van der Waals surface area contributed by atoms with E-state index >= 15 is 0 Å². The lowest BCUT2D eigenvalue weighted by molar-refractivity contribution is -0.191. The third-order valence-electron chi connectivity index (χ3n) is 7.44. The molecule has 6 nitrogen and oxygen atoms in total. The molecule has 9 heteroatoms. The second-order valence-corrected chi connectivity index (χ2v) is 10.1. The van der Waals surface area contributed by atoms with Gasteiger partial charge in [0.1, 0.15) is 0 Å². The SMILES string of the molecule is CC(=O)N1CC[C@@H](C(=O)N(C)[C@@H](c2ccc(N[C@H]3Cc4ccccc4C3(C)C)cn2)C(F)(F)F)C1. The fraction of sp³-hybridized carbons (Fsp3) is 0.500. The number of pyridine rings is 1. The Balaban J connectivity index is 1.50. The van der Waals surface area contributed by atoms with Crippen LogP contribution in [-0.4, -0.2) is 59.0 Å². The van der Waals surface area contributed by atoms with Crippen LogP contribution >= 0.6 is 0 Å². The lowest BCUT2D eigenvalue weighted by Crippen LogP contribution is -2.43. The van der Waals surface area contributed by atoms with Gasteiger partial charge in [-0.05, 0) is 36.1 Å². The summed E-state index contributed by atoms with van der Waals surface area (Å²) in [6.45, 7) is 6.19. The lowest BCUT2D eigenvalue weighted by Gasteiger charge is -2.32. The van der Waals surface area contributed by atoms with E-state index in [1.54, 1.807) is 6.07 Å². The molecule has 0 saturated carbocycles. The van der Waals surface area contributed by atoms with Crippen LogP contribution in [0, 0.1) is 5.92 Å². The van der Waals surface area contributed by atoms with Gasteiger partial charge in [-0.3, -0.25) is 14.6 Å². The summed E-state index contributed by atoms with van der Waals surface area (Å²) in [7, 11) is 1.16. The molecule has 35 heavy (non-hydrogen) atoms. The minimum atomic E-state index is -4.69. The standard InChI is InChI=1S/C26H31F3N4O2/c1-16(34)33-12-11-18(15-33)24(35)32(4)23(26(27,28)29)21-10-9-19(14-30-21)31-22-13-17-7-5-6-8-20(17)25(22,2)3/h5-10,14,18,22-23,31H,11-13,15H2,1-4H3/t18-,22+,23+/m1/s1. The Morgan fingerprint density at radius 1 is 1.20 bits per heavy atom. The maximum Gasteiger partial charge on any atom is 0.414 e. The molecule has 0 radical (unpaired) electrons. The highest BCUT2D eigenvalue weighted by Gasteiger charge is 2.48. The number of hydrogen-bond acceptors (Lipinski definition) is 4. The van der Waals surface area contributed by atoms with E-state index in [2.05, 4.69) is 36.3 Å². The average Bonchev–Trinajstić information content (AvgIpc) is 3.38. The van der Waals surface area contributed by atoms with Crippen molar-refractivity contribution in [3.63, 3.8) is 0 Å². The highest BCUT2D eigenvalue weighted by atomic mass is 19.4. The molecule has 0 spiro atoms. The topological polar surface area (TPSA) is 65.5 Å². The molecule has 0 unspecified atom stereocenters. The van der Waals surface area contributed by atoms with Crippen molar-refractivity contribution in [3.8, 4) is 0 Å². The van der Waals surface area contributed by atoms with Crippen molar-refractivity contribution in [2.75, 3.05) is 25.5 Å². The second-order valence-electron chi connectivity index (χ2n) is 10.1. The molecule has 0 bridgehead atoms. The second kappa shape index (κ2) is 9.17. The van der Waals surface area contributed by atoms with Gasteiger partial charge >= 0.3 is 6.18 Å². The van der Waals surface area contributed by atoms with Crippen LogP contribution in [0.1, 0.15) is 50.1 Å². The molecule has 1 aliphatic carbocycles.